The number of primary amides is 1. The molecule has 8 nitrogen and oxygen atoms in total. The fourth-order valence-corrected chi connectivity index (χ4v) is 3.23. The van der Waals surface area contributed by atoms with Crippen molar-refractivity contribution in [3.63, 3.8) is 0 Å². The Morgan fingerprint density at radius 3 is 2.54 bits per heavy atom. The van der Waals surface area contributed by atoms with Crippen LogP contribution in [0.1, 0.15) is 10.4 Å². The lowest BCUT2D eigenvalue weighted by Crippen LogP contribution is -2.25. The maximum atomic E-state index is 12.4. The third kappa shape index (κ3) is 3.15. The lowest BCUT2D eigenvalue weighted by atomic mass is 10.2. The normalized spacial score (nSPS) is 13.4. The van der Waals surface area contributed by atoms with Gasteiger partial charge in [0.05, 0.1) is 10.6 Å². The summed E-state index contributed by atoms with van der Waals surface area (Å²) in [6, 6.07) is 9.85. The first-order chi connectivity index (χ1) is 11.3. The molecule has 3 rings (SSSR count). The van der Waals surface area contributed by atoms with Crippen LogP contribution in [0, 0.1) is 0 Å². The van der Waals surface area contributed by atoms with Gasteiger partial charge in [-0.2, -0.15) is 0 Å². The zero-order valence-corrected chi connectivity index (χ0v) is 13.1. The Balaban J connectivity index is 1.86. The Hall–Kier alpha value is -3.07. The fraction of sp³-hybridized carbons (Fsp3) is 0.0667. The number of nitrogens with one attached hydrogen (secondary N) is 2. The van der Waals surface area contributed by atoms with E-state index in [1.54, 1.807) is 0 Å². The molecule has 9 heteroatoms. The predicted octanol–water partition coefficient (Wildman–Crippen LogP) is 0.917. The summed E-state index contributed by atoms with van der Waals surface area (Å²) in [7, 11) is -3.87. The highest BCUT2D eigenvalue weighted by Gasteiger charge is 2.21. The van der Waals surface area contributed by atoms with Crippen LogP contribution in [0.5, 0.6) is 5.75 Å². The minimum atomic E-state index is -3.87. The molecule has 0 unspecified atom stereocenters. The van der Waals surface area contributed by atoms with Crippen LogP contribution in [0.4, 0.5) is 11.4 Å². The Morgan fingerprint density at radius 2 is 1.88 bits per heavy atom. The fourth-order valence-electron chi connectivity index (χ4n) is 2.15. The van der Waals surface area contributed by atoms with Crippen molar-refractivity contribution in [3.05, 3.63) is 48.0 Å². The summed E-state index contributed by atoms with van der Waals surface area (Å²) in [6.45, 7) is -0.108. The molecule has 0 saturated carbocycles. The van der Waals surface area contributed by atoms with Crippen LogP contribution in [0.25, 0.3) is 0 Å². The molecule has 0 aliphatic carbocycles. The Kier molecular flexibility index (Phi) is 3.86. The molecular formula is C15H13N3O5S. The number of anilines is 2. The average molecular weight is 347 g/mol. The molecule has 2 aromatic carbocycles. The van der Waals surface area contributed by atoms with E-state index < -0.39 is 15.9 Å². The summed E-state index contributed by atoms with van der Waals surface area (Å²) >= 11 is 0. The van der Waals surface area contributed by atoms with Gasteiger partial charge in [-0.05, 0) is 42.5 Å². The molecule has 124 valence electrons. The van der Waals surface area contributed by atoms with Gasteiger partial charge < -0.3 is 15.8 Å². The third-order valence-electron chi connectivity index (χ3n) is 3.32. The van der Waals surface area contributed by atoms with Crippen LogP contribution in [0.2, 0.25) is 0 Å². The van der Waals surface area contributed by atoms with Gasteiger partial charge in [0.25, 0.3) is 15.9 Å². The van der Waals surface area contributed by atoms with E-state index in [2.05, 4.69) is 10.0 Å². The van der Waals surface area contributed by atoms with E-state index in [0.29, 0.717) is 11.4 Å². The molecule has 0 radical (unpaired) electrons. The SMILES string of the molecule is NC(=O)c1ccc(NS(=O)(=O)c2ccc3c(c2)NC(=O)CO3)cc1. The van der Waals surface area contributed by atoms with Crippen molar-refractivity contribution in [1.29, 1.82) is 0 Å². The first-order valence-electron chi connectivity index (χ1n) is 6.84. The van der Waals surface area contributed by atoms with Crippen molar-refractivity contribution >= 4 is 33.2 Å². The van der Waals surface area contributed by atoms with Crippen LogP contribution in [-0.2, 0) is 14.8 Å². The lowest BCUT2D eigenvalue weighted by Gasteiger charge is -2.18. The molecule has 0 atom stereocenters. The Labute approximate surface area is 137 Å². The van der Waals surface area contributed by atoms with Gasteiger partial charge in [0.15, 0.2) is 6.61 Å². The van der Waals surface area contributed by atoms with Crippen LogP contribution < -0.4 is 20.5 Å². The first kappa shape index (κ1) is 15.8. The van der Waals surface area contributed by atoms with Crippen LogP contribution >= 0.6 is 0 Å². The van der Waals surface area contributed by atoms with Gasteiger partial charge in [-0.1, -0.05) is 0 Å². The molecule has 4 N–H and O–H groups in total. The quantitative estimate of drug-likeness (QED) is 0.758. The zero-order valence-electron chi connectivity index (χ0n) is 12.3. The largest absolute Gasteiger partial charge is 0.482 e. The van der Waals surface area contributed by atoms with Gasteiger partial charge in [-0.25, -0.2) is 8.42 Å². The molecule has 2 amide bonds. The lowest BCUT2D eigenvalue weighted by molar-refractivity contribution is -0.118. The van der Waals surface area contributed by atoms with Crippen molar-refractivity contribution < 1.29 is 22.7 Å². The molecule has 0 aromatic heterocycles. The topological polar surface area (TPSA) is 128 Å². The summed E-state index contributed by atoms with van der Waals surface area (Å²) in [5, 5.41) is 2.55. The average Bonchev–Trinajstić information content (AvgIpc) is 2.54. The monoisotopic (exact) mass is 347 g/mol. The highest BCUT2D eigenvalue weighted by Crippen LogP contribution is 2.30. The van der Waals surface area contributed by atoms with Crippen molar-refractivity contribution in [1.82, 2.24) is 0 Å². The zero-order chi connectivity index (χ0) is 17.3. The molecule has 0 saturated heterocycles. The number of hydrogen-bond donors (Lipinski definition) is 3. The summed E-state index contributed by atoms with van der Waals surface area (Å²) in [6.07, 6.45) is 0. The van der Waals surface area contributed by atoms with Crippen molar-refractivity contribution in [2.75, 3.05) is 16.6 Å². The molecule has 1 aliphatic rings. The molecule has 1 heterocycles. The van der Waals surface area contributed by atoms with Gasteiger partial charge in [0.1, 0.15) is 5.75 Å². The molecule has 24 heavy (non-hydrogen) atoms. The van der Waals surface area contributed by atoms with E-state index in [1.807, 2.05) is 0 Å². The number of hydrogen-bond acceptors (Lipinski definition) is 5. The number of nitrogens with two attached hydrogens (primary N) is 1. The van der Waals surface area contributed by atoms with Gasteiger partial charge in [-0.15, -0.1) is 0 Å². The molecule has 0 fully saturated rings. The first-order valence-corrected chi connectivity index (χ1v) is 8.33. The second-order valence-corrected chi connectivity index (χ2v) is 6.72. The maximum Gasteiger partial charge on any atom is 0.262 e. The van der Waals surface area contributed by atoms with Gasteiger partial charge in [0, 0.05) is 11.3 Å². The Morgan fingerprint density at radius 1 is 1.17 bits per heavy atom. The number of fused-ring (bicyclic) bond motifs is 1. The second-order valence-electron chi connectivity index (χ2n) is 5.04. The second kappa shape index (κ2) is 5.85. The van der Waals surface area contributed by atoms with E-state index in [1.165, 1.54) is 42.5 Å². The van der Waals surface area contributed by atoms with Gasteiger partial charge >= 0.3 is 0 Å². The third-order valence-corrected chi connectivity index (χ3v) is 4.69. The smallest absolute Gasteiger partial charge is 0.262 e. The van der Waals surface area contributed by atoms with Gasteiger partial charge in [-0.3, -0.25) is 14.3 Å². The predicted molar refractivity (Wildman–Crippen MR) is 86.3 cm³/mol. The standard InChI is InChI=1S/C15H13N3O5S/c16-15(20)9-1-3-10(4-2-9)18-24(21,22)11-5-6-13-12(7-11)17-14(19)8-23-13/h1-7,18H,8H2,(H2,16,20)(H,17,19). The van der Waals surface area contributed by atoms with Gasteiger partial charge in [0.2, 0.25) is 5.91 Å². The highest BCUT2D eigenvalue weighted by atomic mass is 32.2. The molecule has 1 aliphatic heterocycles. The number of carbonyl (C=O) groups excluding carboxylic acids is 2. The van der Waals surface area contributed by atoms with E-state index in [-0.39, 0.29) is 28.7 Å². The Bertz CT molecular complexity index is 923. The van der Waals surface area contributed by atoms with E-state index in [0.717, 1.165) is 0 Å². The highest BCUT2D eigenvalue weighted by molar-refractivity contribution is 7.92. The summed E-state index contributed by atoms with van der Waals surface area (Å²) in [4.78, 5) is 22.3. The summed E-state index contributed by atoms with van der Waals surface area (Å²) in [5.74, 6) is -0.554. The van der Waals surface area contributed by atoms with Crippen molar-refractivity contribution in [2.24, 2.45) is 5.73 Å². The van der Waals surface area contributed by atoms with Crippen LogP contribution in [0.15, 0.2) is 47.4 Å². The maximum absolute atomic E-state index is 12.4. The van der Waals surface area contributed by atoms with E-state index >= 15 is 0 Å². The molecule has 0 spiro atoms. The number of rotatable bonds is 4. The molecule has 0 bridgehead atoms. The minimum Gasteiger partial charge on any atom is -0.482 e. The summed E-state index contributed by atoms with van der Waals surface area (Å²) < 4.78 is 32.4. The molecule has 2 aromatic rings. The van der Waals surface area contributed by atoms with Crippen molar-refractivity contribution in [2.45, 2.75) is 4.90 Å². The van der Waals surface area contributed by atoms with Crippen molar-refractivity contribution in [3.8, 4) is 5.75 Å². The van der Waals surface area contributed by atoms with E-state index in [4.69, 9.17) is 10.5 Å². The number of sulfonamides is 1. The number of amides is 2. The number of ether oxygens (including phenoxy) is 1. The van der Waals surface area contributed by atoms with Crippen LogP contribution in [0.3, 0.4) is 0 Å². The number of benzene rings is 2. The number of carbonyl (C=O) groups is 2. The van der Waals surface area contributed by atoms with Crippen LogP contribution in [-0.4, -0.2) is 26.8 Å². The molecular weight excluding hydrogens is 334 g/mol. The summed E-state index contributed by atoms with van der Waals surface area (Å²) in [5.41, 5.74) is 5.97. The van der Waals surface area contributed by atoms with E-state index in [9.17, 15) is 18.0 Å². The minimum absolute atomic E-state index is 0.0361.